The molecular weight excluding hydrogens is 406 g/mol. The van der Waals surface area contributed by atoms with Crippen LogP contribution in [0.3, 0.4) is 0 Å². The highest BCUT2D eigenvalue weighted by Gasteiger charge is 2.27. The lowest BCUT2D eigenvalue weighted by molar-refractivity contribution is -0.134. The molecular formula is C20H25N5O4S. The Morgan fingerprint density at radius 3 is 2.57 bits per heavy atom. The second-order valence-corrected chi connectivity index (χ2v) is 8.14. The molecule has 0 bridgehead atoms. The number of carbonyl (C=O) groups is 1. The van der Waals surface area contributed by atoms with Gasteiger partial charge in [-0.1, -0.05) is 18.7 Å². The van der Waals surface area contributed by atoms with Crippen molar-refractivity contribution in [3.63, 3.8) is 0 Å². The summed E-state index contributed by atoms with van der Waals surface area (Å²) in [6.45, 7) is 6.25. The van der Waals surface area contributed by atoms with E-state index in [1.54, 1.807) is 18.7 Å². The molecule has 9 nitrogen and oxygen atoms in total. The highest BCUT2D eigenvalue weighted by Crippen LogP contribution is 2.35. The average molecular weight is 432 g/mol. The van der Waals surface area contributed by atoms with Gasteiger partial charge in [-0.25, -0.2) is 9.97 Å². The van der Waals surface area contributed by atoms with E-state index < -0.39 is 0 Å². The van der Waals surface area contributed by atoms with E-state index >= 15 is 0 Å². The van der Waals surface area contributed by atoms with Crippen LogP contribution < -0.4 is 9.47 Å². The molecule has 1 aliphatic rings. The third-order valence-corrected chi connectivity index (χ3v) is 6.36. The molecule has 1 aromatic carbocycles. The fraction of sp³-hybridized carbons (Fsp3) is 0.500. The van der Waals surface area contributed by atoms with E-state index in [2.05, 4.69) is 10.1 Å². The van der Waals surface area contributed by atoms with Crippen molar-refractivity contribution in [3.05, 3.63) is 18.0 Å². The summed E-state index contributed by atoms with van der Waals surface area (Å²) in [5.41, 5.74) is 1.39. The van der Waals surface area contributed by atoms with Gasteiger partial charge in [0.1, 0.15) is 5.82 Å². The standard InChI is InChI=1S/C20H25N5O4S/c1-5-17(19(26)24-6-8-29-9-7-24)30-20-22-14-11-16(28-4)15(27-3)10-13(14)18-21-12(2)23-25(18)20/h10-11,17H,5-9H2,1-4H3. The molecule has 1 aliphatic heterocycles. The van der Waals surface area contributed by atoms with Crippen LogP contribution in [0.2, 0.25) is 0 Å². The van der Waals surface area contributed by atoms with Crippen molar-refractivity contribution in [1.82, 2.24) is 24.5 Å². The van der Waals surface area contributed by atoms with E-state index in [-0.39, 0.29) is 11.2 Å². The zero-order chi connectivity index (χ0) is 21.3. The number of benzene rings is 1. The van der Waals surface area contributed by atoms with Crippen LogP contribution in [0.5, 0.6) is 11.5 Å². The maximum Gasteiger partial charge on any atom is 0.236 e. The van der Waals surface area contributed by atoms with Crippen LogP contribution >= 0.6 is 11.8 Å². The first-order valence-corrected chi connectivity index (χ1v) is 10.8. The molecule has 0 N–H and O–H groups in total. The van der Waals surface area contributed by atoms with Gasteiger partial charge in [-0.3, -0.25) is 4.79 Å². The topological polar surface area (TPSA) is 91.1 Å². The molecule has 4 rings (SSSR count). The zero-order valence-electron chi connectivity index (χ0n) is 17.5. The van der Waals surface area contributed by atoms with Crippen molar-refractivity contribution in [1.29, 1.82) is 0 Å². The highest BCUT2D eigenvalue weighted by molar-refractivity contribution is 8.00. The molecule has 1 fully saturated rings. The van der Waals surface area contributed by atoms with Crippen molar-refractivity contribution in [2.75, 3.05) is 40.5 Å². The predicted molar refractivity (Wildman–Crippen MR) is 113 cm³/mol. The smallest absolute Gasteiger partial charge is 0.236 e. The quantitative estimate of drug-likeness (QED) is 0.434. The van der Waals surface area contributed by atoms with Gasteiger partial charge >= 0.3 is 0 Å². The molecule has 1 atom stereocenters. The number of nitrogens with zero attached hydrogens (tertiary/aromatic N) is 5. The molecule has 0 spiro atoms. The van der Waals surface area contributed by atoms with Gasteiger partial charge in [0.2, 0.25) is 5.91 Å². The number of methoxy groups -OCH3 is 2. The number of carbonyl (C=O) groups excluding carboxylic acids is 1. The van der Waals surface area contributed by atoms with E-state index in [0.29, 0.717) is 66.4 Å². The van der Waals surface area contributed by atoms with E-state index in [4.69, 9.17) is 19.2 Å². The van der Waals surface area contributed by atoms with Crippen LogP contribution in [0, 0.1) is 6.92 Å². The number of thioether (sulfide) groups is 1. The number of hydrogen-bond acceptors (Lipinski definition) is 8. The van der Waals surface area contributed by atoms with Crippen LogP contribution in [0.4, 0.5) is 0 Å². The number of hydrogen-bond donors (Lipinski definition) is 0. The minimum Gasteiger partial charge on any atom is -0.493 e. The lowest BCUT2D eigenvalue weighted by atomic mass is 10.2. The molecule has 0 saturated carbocycles. The molecule has 1 amide bonds. The van der Waals surface area contributed by atoms with Crippen molar-refractivity contribution in [2.45, 2.75) is 30.7 Å². The van der Waals surface area contributed by atoms with E-state index in [1.807, 2.05) is 30.9 Å². The number of rotatable bonds is 6. The Hall–Kier alpha value is -2.59. The van der Waals surface area contributed by atoms with Gasteiger partial charge in [0.25, 0.3) is 0 Å². The molecule has 2 aromatic heterocycles. The Balaban J connectivity index is 1.77. The molecule has 0 radical (unpaired) electrons. The maximum absolute atomic E-state index is 13.1. The first kappa shape index (κ1) is 20.7. The minimum absolute atomic E-state index is 0.102. The van der Waals surface area contributed by atoms with Crippen molar-refractivity contribution >= 4 is 34.2 Å². The van der Waals surface area contributed by atoms with Gasteiger partial charge in [-0.15, -0.1) is 5.10 Å². The molecule has 0 aliphatic carbocycles. The number of fused-ring (bicyclic) bond motifs is 3. The molecule has 160 valence electrons. The highest BCUT2D eigenvalue weighted by atomic mass is 32.2. The van der Waals surface area contributed by atoms with Crippen molar-refractivity contribution < 1.29 is 19.0 Å². The van der Waals surface area contributed by atoms with Crippen molar-refractivity contribution in [2.24, 2.45) is 0 Å². The summed E-state index contributed by atoms with van der Waals surface area (Å²) in [5, 5.41) is 5.70. The second-order valence-electron chi connectivity index (χ2n) is 6.97. The lowest BCUT2D eigenvalue weighted by Gasteiger charge is -2.29. The summed E-state index contributed by atoms with van der Waals surface area (Å²) in [5.74, 6) is 1.92. The average Bonchev–Trinajstić information content (AvgIpc) is 3.18. The fourth-order valence-electron chi connectivity index (χ4n) is 3.51. The van der Waals surface area contributed by atoms with E-state index in [9.17, 15) is 4.79 Å². The van der Waals surface area contributed by atoms with Gasteiger partial charge in [0, 0.05) is 24.5 Å². The van der Waals surface area contributed by atoms with Gasteiger partial charge in [-0.2, -0.15) is 4.52 Å². The predicted octanol–water partition coefficient (Wildman–Crippen LogP) is 2.33. The summed E-state index contributed by atoms with van der Waals surface area (Å²) in [7, 11) is 3.18. The van der Waals surface area contributed by atoms with Gasteiger partial charge in [0.05, 0.1) is 38.2 Å². The van der Waals surface area contributed by atoms with Crippen LogP contribution in [0.1, 0.15) is 19.2 Å². The number of aromatic nitrogens is 4. The normalized spacial score (nSPS) is 15.5. The molecule has 3 heterocycles. The number of amides is 1. The molecule has 3 aromatic rings. The van der Waals surface area contributed by atoms with Gasteiger partial charge < -0.3 is 19.1 Å². The summed E-state index contributed by atoms with van der Waals surface area (Å²) >= 11 is 1.42. The summed E-state index contributed by atoms with van der Waals surface area (Å²) in [6.07, 6.45) is 0.682. The molecule has 10 heteroatoms. The zero-order valence-corrected chi connectivity index (χ0v) is 18.4. The maximum atomic E-state index is 13.1. The minimum atomic E-state index is -0.263. The van der Waals surface area contributed by atoms with Gasteiger partial charge in [-0.05, 0) is 19.4 Å². The monoisotopic (exact) mass is 431 g/mol. The largest absolute Gasteiger partial charge is 0.493 e. The third kappa shape index (κ3) is 3.77. The van der Waals surface area contributed by atoms with Gasteiger partial charge in [0.15, 0.2) is 22.3 Å². The molecule has 30 heavy (non-hydrogen) atoms. The first-order valence-electron chi connectivity index (χ1n) is 9.88. The Morgan fingerprint density at radius 1 is 1.20 bits per heavy atom. The second kappa shape index (κ2) is 8.65. The Bertz CT molecular complexity index is 1080. The Labute approximate surface area is 178 Å². The first-order chi connectivity index (χ1) is 14.5. The molecule has 1 saturated heterocycles. The molecule has 1 unspecified atom stereocenters. The van der Waals surface area contributed by atoms with E-state index in [0.717, 1.165) is 5.39 Å². The SMILES string of the molecule is CCC(Sc1nc2cc(OC)c(OC)cc2c2nc(C)nn12)C(=O)N1CCOCC1. The van der Waals surface area contributed by atoms with Crippen LogP contribution in [0.15, 0.2) is 17.3 Å². The summed E-state index contributed by atoms with van der Waals surface area (Å²) < 4.78 is 18.0. The Kier molecular flexibility index (Phi) is 5.96. The van der Waals surface area contributed by atoms with Crippen LogP contribution in [0.25, 0.3) is 16.6 Å². The number of morpholine rings is 1. The number of ether oxygens (including phenoxy) is 3. The summed E-state index contributed by atoms with van der Waals surface area (Å²) in [6, 6.07) is 3.68. The summed E-state index contributed by atoms with van der Waals surface area (Å²) in [4.78, 5) is 24.3. The lowest BCUT2D eigenvalue weighted by Crippen LogP contribution is -2.44. The van der Waals surface area contributed by atoms with Crippen LogP contribution in [-0.2, 0) is 9.53 Å². The van der Waals surface area contributed by atoms with Crippen LogP contribution in [-0.4, -0.2) is 76.2 Å². The Morgan fingerprint density at radius 2 is 1.90 bits per heavy atom. The van der Waals surface area contributed by atoms with E-state index in [1.165, 1.54) is 11.8 Å². The number of aryl methyl sites for hydroxylation is 1. The third-order valence-electron chi connectivity index (χ3n) is 5.07. The fourth-order valence-corrected chi connectivity index (χ4v) is 4.56. The van der Waals surface area contributed by atoms with Crippen molar-refractivity contribution in [3.8, 4) is 11.5 Å².